The number of hydrogen-bond acceptors (Lipinski definition) is 3. The molecule has 1 atom stereocenters. The zero-order valence-corrected chi connectivity index (χ0v) is 13.3. The van der Waals surface area contributed by atoms with E-state index in [1.165, 1.54) is 11.3 Å². The van der Waals surface area contributed by atoms with E-state index in [0.717, 1.165) is 4.47 Å². The van der Waals surface area contributed by atoms with Gasteiger partial charge in [-0.25, -0.2) is 0 Å². The monoisotopic (exact) mass is 337 g/mol. The molecule has 0 saturated heterocycles. The first-order valence-corrected chi connectivity index (χ1v) is 8.21. The highest BCUT2D eigenvalue weighted by atomic mass is 79.9. The molecular formula is C11H16BrNO2S2. The summed E-state index contributed by atoms with van der Waals surface area (Å²) in [5.74, 6) is 0.371. The third-order valence-corrected chi connectivity index (χ3v) is 5.86. The van der Waals surface area contributed by atoms with E-state index in [-0.39, 0.29) is 10.7 Å². The van der Waals surface area contributed by atoms with E-state index >= 15 is 0 Å². The van der Waals surface area contributed by atoms with Gasteiger partial charge in [-0.3, -0.25) is 9.00 Å². The van der Waals surface area contributed by atoms with Crippen molar-refractivity contribution in [2.24, 2.45) is 0 Å². The summed E-state index contributed by atoms with van der Waals surface area (Å²) < 4.78 is 12.3. The van der Waals surface area contributed by atoms with Gasteiger partial charge in [-0.2, -0.15) is 0 Å². The fourth-order valence-corrected chi connectivity index (χ4v) is 3.47. The Kier molecular flexibility index (Phi) is 5.34. The van der Waals surface area contributed by atoms with Gasteiger partial charge in [0.1, 0.15) is 4.88 Å². The maximum Gasteiger partial charge on any atom is 0.262 e. The minimum absolute atomic E-state index is 0.113. The quantitative estimate of drug-likeness (QED) is 0.918. The van der Waals surface area contributed by atoms with Gasteiger partial charge in [-0.05, 0) is 48.1 Å². The van der Waals surface area contributed by atoms with Crippen LogP contribution in [0.3, 0.4) is 0 Å². The van der Waals surface area contributed by atoms with Crippen LogP contribution >= 0.6 is 27.3 Å². The molecule has 0 unspecified atom stereocenters. The second-order valence-corrected chi connectivity index (χ2v) is 8.61. The van der Waals surface area contributed by atoms with E-state index in [2.05, 4.69) is 21.2 Å². The molecule has 0 aromatic carbocycles. The zero-order chi connectivity index (χ0) is 13.1. The van der Waals surface area contributed by atoms with Crippen LogP contribution in [0.2, 0.25) is 0 Å². The van der Waals surface area contributed by atoms with Gasteiger partial charge in [0.15, 0.2) is 0 Å². The Morgan fingerprint density at radius 3 is 2.65 bits per heavy atom. The molecule has 1 rings (SSSR count). The maximum atomic E-state index is 11.8. The third kappa shape index (κ3) is 4.52. The molecule has 0 aliphatic heterocycles. The van der Waals surface area contributed by atoms with Crippen LogP contribution in [0.5, 0.6) is 0 Å². The molecule has 0 fully saturated rings. The van der Waals surface area contributed by atoms with E-state index in [0.29, 0.717) is 17.2 Å². The highest BCUT2D eigenvalue weighted by molar-refractivity contribution is 9.10. The average Bonchev–Trinajstić information content (AvgIpc) is 2.62. The van der Waals surface area contributed by atoms with Crippen LogP contribution in [0.25, 0.3) is 0 Å². The number of thiophene rings is 1. The summed E-state index contributed by atoms with van der Waals surface area (Å²) in [6, 6.07) is 1.84. The lowest BCUT2D eigenvalue weighted by Gasteiger charge is -2.17. The first-order valence-electron chi connectivity index (χ1n) is 5.22. The van der Waals surface area contributed by atoms with E-state index in [4.69, 9.17) is 0 Å². The molecule has 3 nitrogen and oxygen atoms in total. The van der Waals surface area contributed by atoms with Gasteiger partial charge in [0.2, 0.25) is 0 Å². The Bertz CT molecular complexity index is 423. The van der Waals surface area contributed by atoms with E-state index < -0.39 is 10.8 Å². The normalized spacial score (nSPS) is 13.4. The number of halogens is 1. The maximum absolute atomic E-state index is 11.8. The molecule has 1 aromatic rings. The van der Waals surface area contributed by atoms with Crippen LogP contribution in [0.15, 0.2) is 15.9 Å². The number of hydrogen-bond donors (Lipinski definition) is 1. The van der Waals surface area contributed by atoms with E-state index in [1.54, 1.807) is 0 Å². The molecule has 17 heavy (non-hydrogen) atoms. The van der Waals surface area contributed by atoms with Gasteiger partial charge >= 0.3 is 0 Å². The highest BCUT2D eigenvalue weighted by Gasteiger charge is 2.19. The lowest BCUT2D eigenvalue weighted by Crippen LogP contribution is -2.32. The fraction of sp³-hybridized carbons (Fsp3) is 0.545. The minimum Gasteiger partial charge on any atom is -0.350 e. The minimum atomic E-state index is -0.929. The second-order valence-electron chi connectivity index (χ2n) is 4.52. The van der Waals surface area contributed by atoms with Crippen molar-refractivity contribution in [1.82, 2.24) is 5.32 Å². The van der Waals surface area contributed by atoms with Crippen molar-refractivity contribution in [3.63, 3.8) is 0 Å². The number of carbonyl (C=O) groups is 1. The lowest BCUT2D eigenvalue weighted by molar-refractivity contribution is 0.0959. The number of amides is 1. The highest BCUT2D eigenvalue weighted by Crippen LogP contribution is 2.22. The van der Waals surface area contributed by atoms with Crippen molar-refractivity contribution >= 4 is 44.0 Å². The number of carbonyl (C=O) groups excluding carboxylic acids is 1. The van der Waals surface area contributed by atoms with Crippen molar-refractivity contribution in [2.45, 2.75) is 25.5 Å². The molecular weight excluding hydrogens is 322 g/mol. The Morgan fingerprint density at radius 2 is 2.18 bits per heavy atom. The summed E-state index contributed by atoms with van der Waals surface area (Å²) in [6.07, 6.45) is 0. The van der Waals surface area contributed by atoms with Crippen LogP contribution in [0, 0.1) is 0 Å². The Balaban J connectivity index is 2.41. The third-order valence-electron chi connectivity index (χ3n) is 2.08. The standard InChI is InChI=1S/C11H16BrNO2S2/c1-11(2,3)17(15)7-5-13-10(14)9-8(12)4-6-16-9/h4,6H,5,7H2,1-3H3,(H,13,14)/t17-/m1/s1. The first-order chi connectivity index (χ1) is 7.82. The molecule has 0 radical (unpaired) electrons. The molecule has 0 saturated carbocycles. The summed E-state index contributed by atoms with van der Waals surface area (Å²) in [6.45, 7) is 6.23. The van der Waals surface area contributed by atoms with Gasteiger partial charge in [-0.1, -0.05) is 0 Å². The summed E-state index contributed by atoms with van der Waals surface area (Å²) in [7, 11) is -0.929. The van der Waals surface area contributed by atoms with Crippen molar-refractivity contribution in [1.29, 1.82) is 0 Å². The molecule has 1 heterocycles. The fourth-order valence-electron chi connectivity index (χ4n) is 1.10. The van der Waals surface area contributed by atoms with E-state index in [9.17, 15) is 9.00 Å². The largest absolute Gasteiger partial charge is 0.350 e. The van der Waals surface area contributed by atoms with Crippen molar-refractivity contribution < 1.29 is 9.00 Å². The van der Waals surface area contributed by atoms with Crippen molar-refractivity contribution in [2.75, 3.05) is 12.3 Å². The van der Waals surface area contributed by atoms with Crippen LogP contribution < -0.4 is 5.32 Å². The summed E-state index contributed by atoms with van der Waals surface area (Å²) in [5, 5.41) is 4.63. The molecule has 0 bridgehead atoms. The van der Waals surface area contributed by atoms with Crippen molar-refractivity contribution in [3.8, 4) is 0 Å². The van der Waals surface area contributed by atoms with Gasteiger partial charge in [0.05, 0.1) is 0 Å². The summed E-state index contributed by atoms with van der Waals surface area (Å²) in [4.78, 5) is 12.4. The van der Waals surface area contributed by atoms with Gasteiger partial charge in [0.25, 0.3) is 5.91 Å². The van der Waals surface area contributed by atoms with Crippen LogP contribution in [0.4, 0.5) is 0 Å². The van der Waals surface area contributed by atoms with Crippen molar-refractivity contribution in [3.05, 3.63) is 20.8 Å². The Morgan fingerprint density at radius 1 is 1.53 bits per heavy atom. The zero-order valence-electron chi connectivity index (χ0n) is 10.1. The van der Waals surface area contributed by atoms with Gasteiger partial charge in [0, 0.05) is 32.3 Å². The predicted octanol–water partition coefficient (Wildman–Crippen LogP) is 2.79. The molecule has 96 valence electrons. The smallest absolute Gasteiger partial charge is 0.262 e. The van der Waals surface area contributed by atoms with Gasteiger partial charge < -0.3 is 5.32 Å². The molecule has 1 amide bonds. The van der Waals surface area contributed by atoms with Crippen LogP contribution in [0.1, 0.15) is 30.4 Å². The molecule has 6 heteroatoms. The summed E-state index contributed by atoms with van der Waals surface area (Å²) in [5.41, 5.74) is 0. The Labute approximate surface area is 117 Å². The molecule has 0 aliphatic carbocycles. The molecule has 0 aliphatic rings. The number of nitrogens with one attached hydrogen (secondary N) is 1. The molecule has 0 spiro atoms. The van der Waals surface area contributed by atoms with Gasteiger partial charge in [-0.15, -0.1) is 11.3 Å². The molecule has 1 N–H and O–H groups in total. The average molecular weight is 338 g/mol. The first kappa shape index (κ1) is 14.9. The van der Waals surface area contributed by atoms with Crippen LogP contribution in [-0.2, 0) is 10.8 Å². The predicted molar refractivity (Wildman–Crippen MR) is 77.1 cm³/mol. The number of rotatable bonds is 4. The SMILES string of the molecule is CC(C)(C)[S@](=O)CCNC(=O)c1sccc1Br. The summed E-state index contributed by atoms with van der Waals surface area (Å²) >= 11 is 4.70. The second kappa shape index (κ2) is 6.11. The van der Waals surface area contributed by atoms with Crippen LogP contribution in [-0.4, -0.2) is 27.2 Å². The Hall–Kier alpha value is -0.200. The van der Waals surface area contributed by atoms with E-state index in [1.807, 2.05) is 32.2 Å². The lowest BCUT2D eigenvalue weighted by atomic mass is 10.3. The molecule has 1 aromatic heterocycles. The topological polar surface area (TPSA) is 46.2 Å².